The number of piperidine rings is 1. The number of nitro groups is 1. The van der Waals surface area contributed by atoms with Crippen LogP contribution in [0.15, 0.2) is 18.2 Å². The van der Waals surface area contributed by atoms with E-state index in [1.54, 1.807) is 0 Å². The van der Waals surface area contributed by atoms with Gasteiger partial charge in [-0.05, 0) is 24.5 Å². The average molecular weight is 282 g/mol. The maximum atomic E-state index is 13.2. The molecule has 1 aromatic carbocycles. The van der Waals surface area contributed by atoms with Gasteiger partial charge in [-0.25, -0.2) is 0 Å². The summed E-state index contributed by atoms with van der Waals surface area (Å²) in [5.74, 6) is -1.40. The molecule has 2 unspecified atom stereocenters. The molecule has 1 fully saturated rings. The van der Waals surface area contributed by atoms with Crippen molar-refractivity contribution in [2.24, 2.45) is 5.92 Å². The minimum absolute atomic E-state index is 0.0527. The Bertz CT molecular complexity index is 549. The number of rotatable bonds is 2. The third-order valence-corrected chi connectivity index (χ3v) is 3.54. The number of amides is 1. The Hall–Kier alpha value is -2.02. The van der Waals surface area contributed by atoms with Crippen molar-refractivity contribution in [1.29, 1.82) is 0 Å². The monoisotopic (exact) mass is 282 g/mol. The fraction of sp³-hybridized carbons (Fsp3) is 0.462. The van der Waals surface area contributed by atoms with Gasteiger partial charge in [0.25, 0.3) is 5.91 Å². The smallest absolute Gasteiger partial charge is 0.305 e. The first-order valence-electron chi connectivity index (χ1n) is 6.31. The zero-order chi connectivity index (χ0) is 14.9. The first kappa shape index (κ1) is 14.4. The minimum Gasteiger partial charge on any atom is -0.393 e. The first-order chi connectivity index (χ1) is 9.40. The predicted octanol–water partition coefficient (Wildman–Crippen LogP) is 1.58. The molecule has 1 aliphatic heterocycles. The summed E-state index contributed by atoms with van der Waals surface area (Å²) >= 11 is 0. The van der Waals surface area contributed by atoms with Crippen LogP contribution in [0.1, 0.15) is 23.7 Å². The van der Waals surface area contributed by atoms with Crippen LogP contribution in [0.2, 0.25) is 0 Å². The predicted molar refractivity (Wildman–Crippen MR) is 68.7 cm³/mol. The van der Waals surface area contributed by atoms with E-state index >= 15 is 0 Å². The lowest BCUT2D eigenvalue weighted by atomic mass is 9.96. The largest absolute Gasteiger partial charge is 0.393 e. The average Bonchev–Trinajstić information content (AvgIpc) is 2.41. The fourth-order valence-electron chi connectivity index (χ4n) is 2.29. The zero-order valence-electron chi connectivity index (χ0n) is 11.0. The highest BCUT2D eigenvalue weighted by atomic mass is 19.1. The summed E-state index contributed by atoms with van der Waals surface area (Å²) in [6.07, 6.45) is 0.0255. The zero-order valence-corrected chi connectivity index (χ0v) is 11.0. The van der Waals surface area contributed by atoms with Crippen molar-refractivity contribution in [2.75, 3.05) is 13.1 Å². The van der Waals surface area contributed by atoms with E-state index in [4.69, 9.17) is 0 Å². The number of carbonyl (C=O) groups excluding carboxylic acids is 1. The standard InChI is InChI=1S/C13H15FN2O4/c1-8-7-15(5-4-12(8)17)13(18)9-2-3-10(14)11(6-9)16(19)20/h2-3,6,8,12,17H,4-5,7H2,1H3. The minimum atomic E-state index is -0.964. The van der Waals surface area contributed by atoms with E-state index in [1.807, 2.05) is 6.92 Å². The first-order valence-corrected chi connectivity index (χ1v) is 6.31. The van der Waals surface area contributed by atoms with Gasteiger partial charge in [0, 0.05) is 24.7 Å². The molecule has 1 aliphatic rings. The number of carbonyl (C=O) groups is 1. The maximum absolute atomic E-state index is 13.2. The molecule has 1 amide bonds. The van der Waals surface area contributed by atoms with Gasteiger partial charge in [0.15, 0.2) is 0 Å². The van der Waals surface area contributed by atoms with Crippen molar-refractivity contribution >= 4 is 11.6 Å². The molecule has 1 N–H and O–H groups in total. The number of benzene rings is 1. The van der Waals surface area contributed by atoms with Crippen molar-refractivity contribution in [3.05, 3.63) is 39.7 Å². The van der Waals surface area contributed by atoms with Crippen LogP contribution < -0.4 is 0 Å². The molecule has 1 saturated heterocycles. The van der Waals surface area contributed by atoms with Gasteiger partial charge in [-0.15, -0.1) is 0 Å². The lowest BCUT2D eigenvalue weighted by Crippen LogP contribution is -2.44. The molecule has 20 heavy (non-hydrogen) atoms. The van der Waals surface area contributed by atoms with Gasteiger partial charge in [-0.3, -0.25) is 14.9 Å². The van der Waals surface area contributed by atoms with E-state index in [-0.39, 0.29) is 17.4 Å². The van der Waals surface area contributed by atoms with Gasteiger partial charge >= 0.3 is 5.69 Å². The van der Waals surface area contributed by atoms with Crippen LogP contribution in [0, 0.1) is 21.8 Å². The topological polar surface area (TPSA) is 83.7 Å². The Balaban J connectivity index is 2.21. The van der Waals surface area contributed by atoms with Crippen LogP contribution in [0.25, 0.3) is 0 Å². The summed E-state index contributed by atoms with van der Waals surface area (Å²) in [5, 5.41) is 20.3. The second-order valence-corrected chi connectivity index (χ2v) is 5.01. The lowest BCUT2D eigenvalue weighted by molar-refractivity contribution is -0.387. The molecule has 0 radical (unpaired) electrons. The number of aliphatic hydroxyl groups is 1. The van der Waals surface area contributed by atoms with E-state index in [0.29, 0.717) is 19.5 Å². The number of likely N-dealkylation sites (tertiary alicyclic amines) is 1. The molecular formula is C13H15FN2O4. The van der Waals surface area contributed by atoms with Crippen LogP contribution in [0.3, 0.4) is 0 Å². The third-order valence-electron chi connectivity index (χ3n) is 3.54. The van der Waals surface area contributed by atoms with Crippen molar-refractivity contribution in [3.63, 3.8) is 0 Å². The normalized spacial score (nSPS) is 22.6. The highest BCUT2D eigenvalue weighted by Gasteiger charge is 2.28. The third kappa shape index (κ3) is 2.77. The van der Waals surface area contributed by atoms with Gasteiger partial charge in [0.1, 0.15) is 0 Å². The number of halogens is 1. The Morgan fingerprint density at radius 1 is 1.55 bits per heavy atom. The molecule has 1 heterocycles. The van der Waals surface area contributed by atoms with E-state index in [0.717, 1.165) is 12.1 Å². The van der Waals surface area contributed by atoms with Crippen molar-refractivity contribution in [3.8, 4) is 0 Å². The van der Waals surface area contributed by atoms with Crippen LogP contribution in [-0.2, 0) is 0 Å². The molecule has 0 aromatic heterocycles. The number of nitro benzene ring substituents is 1. The van der Waals surface area contributed by atoms with E-state index in [1.165, 1.54) is 11.0 Å². The molecule has 0 aliphatic carbocycles. The summed E-state index contributed by atoms with van der Waals surface area (Å²) in [4.78, 5) is 23.6. The van der Waals surface area contributed by atoms with Gasteiger partial charge in [-0.1, -0.05) is 6.92 Å². The number of aliphatic hydroxyl groups excluding tert-OH is 1. The summed E-state index contributed by atoms with van der Waals surface area (Å²) in [6, 6.07) is 3.11. The lowest BCUT2D eigenvalue weighted by Gasteiger charge is -2.34. The van der Waals surface area contributed by atoms with Crippen LogP contribution in [-0.4, -0.2) is 40.0 Å². The van der Waals surface area contributed by atoms with E-state index in [2.05, 4.69) is 0 Å². The Labute approximate surface area is 115 Å². The van der Waals surface area contributed by atoms with Crippen molar-refractivity contribution in [1.82, 2.24) is 4.90 Å². The van der Waals surface area contributed by atoms with E-state index < -0.39 is 22.5 Å². The quantitative estimate of drug-likeness (QED) is 0.659. The van der Waals surface area contributed by atoms with Gasteiger partial charge in [-0.2, -0.15) is 4.39 Å². The number of nitrogens with zero attached hydrogens (tertiary/aromatic N) is 2. The Kier molecular flexibility index (Phi) is 3.99. The second kappa shape index (κ2) is 5.54. The molecule has 0 saturated carbocycles. The van der Waals surface area contributed by atoms with Gasteiger partial charge in [0.05, 0.1) is 11.0 Å². The summed E-state index contributed by atoms with van der Waals surface area (Å²) in [7, 11) is 0. The van der Waals surface area contributed by atoms with Gasteiger partial charge in [0.2, 0.25) is 5.82 Å². The Morgan fingerprint density at radius 3 is 2.85 bits per heavy atom. The molecule has 1 aromatic rings. The molecule has 0 bridgehead atoms. The molecule has 7 heteroatoms. The SMILES string of the molecule is CC1CN(C(=O)c2ccc(F)c([N+](=O)[O-])c2)CCC1O. The Morgan fingerprint density at radius 2 is 2.25 bits per heavy atom. The van der Waals surface area contributed by atoms with Crippen LogP contribution >= 0.6 is 0 Å². The van der Waals surface area contributed by atoms with Crippen LogP contribution in [0.5, 0.6) is 0 Å². The number of hydrogen-bond donors (Lipinski definition) is 1. The van der Waals surface area contributed by atoms with Crippen molar-refractivity contribution < 1.29 is 19.2 Å². The van der Waals surface area contributed by atoms with Gasteiger partial charge < -0.3 is 10.0 Å². The van der Waals surface area contributed by atoms with Crippen LogP contribution in [0.4, 0.5) is 10.1 Å². The summed E-state index contributed by atoms with van der Waals surface area (Å²) in [6.45, 7) is 2.60. The van der Waals surface area contributed by atoms with Crippen molar-refractivity contribution in [2.45, 2.75) is 19.4 Å². The molecule has 2 rings (SSSR count). The number of hydrogen-bond acceptors (Lipinski definition) is 4. The molecule has 6 nitrogen and oxygen atoms in total. The fourth-order valence-corrected chi connectivity index (χ4v) is 2.29. The highest BCUT2D eigenvalue weighted by molar-refractivity contribution is 5.95. The summed E-state index contributed by atoms with van der Waals surface area (Å²) < 4.78 is 13.2. The summed E-state index contributed by atoms with van der Waals surface area (Å²) in [5.41, 5.74) is -0.623. The molecular weight excluding hydrogens is 267 g/mol. The second-order valence-electron chi connectivity index (χ2n) is 5.01. The maximum Gasteiger partial charge on any atom is 0.305 e. The highest BCUT2D eigenvalue weighted by Crippen LogP contribution is 2.22. The molecule has 2 atom stereocenters. The molecule has 0 spiro atoms. The van der Waals surface area contributed by atoms with E-state index in [9.17, 15) is 24.4 Å². The molecule has 108 valence electrons.